The molecule has 0 fully saturated rings. The molecule has 98 valence electrons. The van der Waals surface area contributed by atoms with E-state index in [0.717, 1.165) is 19.3 Å². The Labute approximate surface area is 103 Å². The molecule has 4 heteroatoms. The molecule has 0 radical (unpaired) electrons. The van der Waals surface area contributed by atoms with Crippen molar-refractivity contribution >= 4 is 6.03 Å². The third kappa shape index (κ3) is 4.77. The average Bonchev–Trinajstić information content (AvgIpc) is 2.37. The molecule has 0 spiro atoms. The van der Waals surface area contributed by atoms with Crippen LogP contribution in [0, 0.1) is 0 Å². The summed E-state index contributed by atoms with van der Waals surface area (Å²) >= 11 is 0. The fraction of sp³-hybridized carbons (Fsp3) is 0.769. The van der Waals surface area contributed by atoms with E-state index in [9.17, 15) is 9.90 Å². The summed E-state index contributed by atoms with van der Waals surface area (Å²) in [4.78, 5) is 11.6. The van der Waals surface area contributed by atoms with Gasteiger partial charge in [-0.1, -0.05) is 26.0 Å². The molecule has 1 rings (SSSR count). The summed E-state index contributed by atoms with van der Waals surface area (Å²) in [5, 5.41) is 15.7. The van der Waals surface area contributed by atoms with Gasteiger partial charge >= 0.3 is 6.03 Å². The van der Waals surface area contributed by atoms with Crippen LogP contribution in [0.5, 0.6) is 0 Å². The van der Waals surface area contributed by atoms with E-state index in [1.807, 2.05) is 19.9 Å². The zero-order valence-corrected chi connectivity index (χ0v) is 10.8. The molecule has 1 atom stereocenters. The quantitative estimate of drug-likeness (QED) is 0.643. The van der Waals surface area contributed by atoms with E-state index in [4.69, 9.17) is 0 Å². The molecule has 0 saturated heterocycles. The fourth-order valence-corrected chi connectivity index (χ4v) is 1.90. The van der Waals surface area contributed by atoms with E-state index in [2.05, 4.69) is 16.7 Å². The lowest BCUT2D eigenvalue weighted by Crippen LogP contribution is -2.48. The minimum absolute atomic E-state index is 0.139. The number of amides is 2. The van der Waals surface area contributed by atoms with Crippen LogP contribution in [0.2, 0.25) is 0 Å². The Morgan fingerprint density at radius 1 is 1.47 bits per heavy atom. The second-order valence-corrected chi connectivity index (χ2v) is 4.72. The summed E-state index contributed by atoms with van der Waals surface area (Å²) in [5.41, 5.74) is -0.778. The Kier molecular flexibility index (Phi) is 5.48. The Morgan fingerprint density at radius 3 is 2.71 bits per heavy atom. The summed E-state index contributed by atoms with van der Waals surface area (Å²) in [7, 11) is 0. The Morgan fingerprint density at radius 2 is 2.18 bits per heavy atom. The highest BCUT2D eigenvalue weighted by atomic mass is 16.3. The Balaban J connectivity index is 2.29. The first-order valence-electron chi connectivity index (χ1n) is 6.53. The van der Waals surface area contributed by atoms with Crippen molar-refractivity contribution in [1.82, 2.24) is 10.6 Å². The highest BCUT2D eigenvalue weighted by Gasteiger charge is 2.23. The van der Waals surface area contributed by atoms with E-state index in [1.165, 1.54) is 0 Å². The number of carbonyl (C=O) groups is 1. The number of hydrogen-bond acceptors (Lipinski definition) is 2. The van der Waals surface area contributed by atoms with Gasteiger partial charge in [0.1, 0.15) is 0 Å². The third-order valence-corrected chi connectivity index (χ3v) is 3.47. The molecule has 0 heterocycles. The Bertz CT molecular complexity index is 273. The van der Waals surface area contributed by atoms with Crippen LogP contribution in [-0.4, -0.2) is 29.3 Å². The number of nitrogens with one attached hydrogen (secondary N) is 2. The number of aliphatic hydroxyl groups is 1. The molecule has 0 aromatic rings. The minimum atomic E-state index is -0.778. The van der Waals surface area contributed by atoms with Gasteiger partial charge in [0.15, 0.2) is 0 Å². The fourth-order valence-electron chi connectivity index (χ4n) is 1.90. The van der Waals surface area contributed by atoms with Crippen LogP contribution >= 0.6 is 0 Å². The van der Waals surface area contributed by atoms with Gasteiger partial charge in [-0.25, -0.2) is 4.79 Å². The molecule has 1 aliphatic carbocycles. The van der Waals surface area contributed by atoms with E-state index in [1.54, 1.807) is 0 Å². The number of urea groups is 1. The van der Waals surface area contributed by atoms with E-state index in [0.29, 0.717) is 19.4 Å². The zero-order valence-electron chi connectivity index (χ0n) is 10.8. The topological polar surface area (TPSA) is 61.4 Å². The first-order chi connectivity index (χ1) is 8.09. The van der Waals surface area contributed by atoms with Crippen molar-refractivity contribution in [3.05, 3.63) is 12.2 Å². The predicted octanol–water partition coefficient (Wildman–Crippen LogP) is 1.95. The maximum Gasteiger partial charge on any atom is 0.315 e. The molecule has 0 aliphatic heterocycles. The molecule has 3 N–H and O–H groups in total. The molecule has 17 heavy (non-hydrogen) atoms. The zero-order chi connectivity index (χ0) is 12.7. The molecule has 0 aromatic carbocycles. The van der Waals surface area contributed by atoms with Crippen LogP contribution < -0.4 is 10.6 Å². The normalized spacial score (nSPS) is 20.1. The third-order valence-electron chi connectivity index (χ3n) is 3.47. The standard InChI is InChI=1S/C13H24N2O2/c1-3-13(17,4-2)10-14-12(16)15-11-8-6-5-7-9-11/h6,8,11,17H,3-5,7,9-10H2,1-2H3,(H2,14,15,16). The molecule has 2 amide bonds. The lowest BCUT2D eigenvalue weighted by molar-refractivity contribution is 0.0349. The molecule has 0 saturated carbocycles. The van der Waals surface area contributed by atoms with Gasteiger partial charge in [0, 0.05) is 12.6 Å². The monoisotopic (exact) mass is 240 g/mol. The van der Waals surface area contributed by atoms with Gasteiger partial charge in [0.05, 0.1) is 5.60 Å². The van der Waals surface area contributed by atoms with Crippen molar-refractivity contribution in [2.75, 3.05) is 6.54 Å². The van der Waals surface area contributed by atoms with Crippen LogP contribution in [0.4, 0.5) is 4.79 Å². The average molecular weight is 240 g/mol. The summed E-state index contributed by atoms with van der Waals surface area (Å²) < 4.78 is 0. The molecule has 0 bridgehead atoms. The van der Waals surface area contributed by atoms with Crippen LogP contribution in [0.15, 0.2) is 12.2 Å². The summed E-state index contributed by atoms with van der Waals surface area (Å²) in [5.74, 6) is 0. The van der Waals surface area contributed by atoms with Crippen LogP contribution in [-0.2, 0) is 0 Å². The number of hydrogen-bond donors (Lipinski definition) is 3. The van der Waals surface area contributed by atoms with E-state index in [-0.39, 0.29) is 12.1 Å². The SMILES string of the molecule is CCC(O)(CC)CNC(=O)NC1C=CCCC1. The highest BCUT2D eigenvalue weighted by Crippen LogP contribution is 2.13. The van der Waals surface area contributed by atoms with Gasteiger partial charge in [-0.15, -0.1) is 0 Å². The lowest BCUT2D eigenvalue weighted by atomic mass is 9.98. The smallest absolute Gasteiger partial charge is 0.315 e. The van der Waals surface area contributed by atoms with Crippen LogP contribution in [0.3, 0.4) is 0 Å². The molecular formula is C13H24N2O2. The first kappa shape index (κ1) is 14.0. The highest BCUT2D eigenvalue weighted by molar-refractivity contribution is 5.74. The van der Waals surface area contributed by atoms with E-state index < -0.39 is 5.60 Å². The second kappa shape index (κ2) is 6.64. The predicted molar refractivity (Wildman–Crippen MR) is 68.8 cm³/mol. The molecule has 4 nitrogen and oxygen atoms in total. The van der Waals surface area contributed by atoms with Gasteiger partial charge < -0.3 is 15.7 Å². The van der Waals surface area contributed by atoms with Crippen LogP contribution in [0.25, 0.3) is 0 Å². The summed E-state index contributed by atoms with van der Waals surface area (Å²) in [6.07, 6.45) is 8.65. The van der Waals surface area contributed by atoms with Gasteiger partial charge in [0.2, 0.25) is 0 Å². The van der Waals surface area contributed by atoms with Crippen molar-refractivity contribution in [3.8, 4) is 0 Å². The van der Waals surface area contributed by atoms with E-state index >= 15 is 0 Å². The number of carbonyl (C=O) groups excluding carboxylic acids is 1. The number of allylic oxidation sites excluding steroid dienone is 1. The van der Waals surface area contributed by atoms with Crippen molar-refractivity contribution < 1.29 is 9.90 Å². The number of rotatable bonds is 5. The minimum Gasteiger partial charge on any atom is -0.388 e. The maximum atomic E-state index is 11.6. The van der Waals surface area contributed by atoms with Gasteiger partial charge in [0.25, 0.3) is 0 Å². The van der Waals surface area contributed by atoms with Crippen molar-refractivity contribution in [2.24, 2.45) is 0 Å². The molecule has 1 aliphatic rings. The molecule has 0 aromatic heterocycles. The summed E-state index contributed by atoms with van der Waals surface area (Å²) in [6, 6.07) is -0.0537. The largest absolute Gasteiger partial charge is 0.388 e. The van der Waals surface area contributed by atoms with Crippen molar-refractivity contribution in [2.45, 2.75) is 57.6 Å². The van der Waals surface area contributed by atoms with Crippen molar-refractivity contribution in [3.63, 3.8) is 0 Å². The lowest BCUT2D eigenvalue weighted by Gasteiger charge is -2.26. The van der Waals surface area contributed by atoms with Gasteiger partial charge in [-0.3, -0.25) is 0 Å². The van der Waals surface area contributed by atoms with Crippen LogP contribution in [0.1, 0.15) is 46.0 Å². The van der Waals surface area contributed by atoms with Gasteiger partial charge in [-0.2, -0.15) is 0 Å². The van der Waals surface area contributed by atoms with Crippen molar-refractivity contribution in [1.29, 1.82) is 0 Å². The molecular weight excluding hydrogens is 216 g/mol. The second-order valence-electron chi connectivity index (χ2n) is 4.72. The first-order valence-corrected chi connectivity index (χ1v) is 6.53. The Hall–Kier alpha value is -1.03. The maximum absolute atomic E-state index is 11.6. The summed E-state index contributed by atoms with van der Waals surface area (Å²) in [6.45, 7) is 4.15. The van der Waals surface area contributed by atoms with Gasteiger partial charge in [-0.05, 0) is 32.1 Å². The molecule has 1 unspecified atom stereocenters.